The van der Waals surface area contributed by atoms with Gasteiger partial charge in [-0.25, -0.2) is 18.8 Å². The monoisotopic (exact) mass is 600 g/mol. The van der Waals surface area contributed by atoms with E-state index in [1.54, 1.807) is 24.3 Å². The summed E-state index contributed by atoms with van der Waals surface area (Å²) in [6.07, 6.45) is 1.63. The number of benzene rings is 4. The molecule has 0 aromatic heterocycles. The van der Waals surface area contributed by atoms with Crippen LogP contribution in [0.2, 0.25) is 39.3 Å². The Morgan fingerprint density at radius 2 is 0.714 bits per heavy atom. The van der Waals surface area contributed by atoms with Gasteiger partial charge in [-0.1, -0.05) is 122 Å². The zero-order valence-electron chi connectivity index (χ0n) is 26.1. The molecule has 2 nitrogen and oxygen atoms in total. The van der Waals surface area contributed by atoms with Crippen LogP contribution >= 0.6 is 0 Å². The van der Waals surface area contributed by atoms with Gasteiger partial charge in [-0.05, 0) is 59.4 Å². The van der Waals surface area contributed by atoms with Crippen molar-refractivity contribution < 1.29 is 8.78 Å². The molecule has 0 saturated carbocycles. The third-order valence-corrected chi connectivity index (χ3v) is 12.0. The van der Waals surface area contributed by atoms with Gasteiger partial charge in [0, 0.05) is 26.2 Å². The van der Waals surface area contributed by atoms with Crippen LogP contribution in [0.5, 0.6) is 0 Å². The molecular weight excluding hydrogens is 555 g/mol. The van der Waals surface area contributed by atoms with Crippen LogP contribution < -0.4 is 10.4 Å². The zero-order valence-corrected chi connectivity index (χ0v) is 28.1. The van der Waals surface area contributed by atoms with Crippen molar-refractivity contribution in [3.63, 3.8) is 0 Å². The molecule has 0 amide bonds. The van der Waals surface area contributed by atoms with E-state index in [0.717, 1.165) is 50.1 Å². The summed E-state index contributed by atoms with van der Waals surface area (Å²) in [5.41, 5.74) is 4.79. The molecule has 0 atom stereocenters. The molecule has 4 aromatic rings. The van der Waals surface area contributed by atoms with E-state index in [2.05, 4.69) is 97.8 Å². The molecule has 42 heavy (non-hydrogen) atoms. The number of hydrogen-bond acceptors (Lipinski definition) is 2. The Hall–Kier alpha value is -2.91. The van der Waals surface area contributed by atoms with Crippen LogP contribution in [0.3, 0.4) is 0 Å². The summed E-state index contributed by atoms with van der Waals surface area (Å²) in [6.45, 7) is 17.4. The Labute approximate surface area is 254 Å². The smallest absolute Gasteiger partial charge is 0.123 e. The molecule has 222 valence electrons. The number of hydrazine groups is 1. The molecule has 6 heteroatoms. The van der Waals surface area contributed by atoms with E-state index >= 15 is 0 Å². The fourth-order valence-corrected chi connectivity index (χ4v) is 7.43. The van der Waals surface area contributed by atoms with Gasteiger partial charge in [0.2, 0.25) is 0 Å². The highest BCUT2D eigenvalue weighted by Gasteiger charge is 2.20. The van der Waals surface area contributed by atoms with E-state index < -0.39 is 16.1 Å². The van der Waals surface area contributed by atoms with Crippen molar-refractivity contribution in [3.05, 3.63) is 131 Å². The molecule has 4 rings (SSSR count). The van der Waals surface area contributed by atoms with Crippen molar-refractivity contribution >= 4 is 26.5 Å². The first-order valence-electron chi connectivity index (χ1n) is 15.0. The lowest BCUT2D eigenvalue weighted by atomic mass is 10.1. The second kappa shape index (κ2) is 14.0. The van der Waals surface area contributed by atoms with Crippen molar-refractivity contribution in [1.29, 1.82) is 0 Å². The van der Waals surface area contributed by atoms with Crippen LogP contribution in [0.15, 0.2) is 97.1 Å². The van der Waals surface area contributed by atoms with Gasteiger partial charge < -0.3 is 0 Å². The fraction of sp³-hybridized carbons (Fsp3) is 0.333. The normalized spacial score (nSPS) is 12.3. The molecule has 0 fully saturated rings. The van der Waals surface area contributed by atoms with E-state index in [1.807, 2.05) is 24.3 Å². The summed E-state index contributed by atoms with van der Waals surface area (Å²) >= 11 is 0. The first kappa shape index (κ1) is 32.0. The second-order valence-electron chi connectivity index (χ2n) is 13.4. The van der Waals surface area contributed by atoms with E-state index in [4.69, 9.17) is 0 Å². The minimum absolute atomic E-state index is 0.208. The summed E-state index contributed by atoms with van der Waals surface area (Å²) < 4.78 is 27.2. The highest BCUT2D eigenvalue weighted by Crippen LogP contribution is 2.17. The number of hydrogen-bond donors (Lipinski definition) is 0. The van der Waals surface area contributed by atoms with Crippen molar-refractivity contribution in [1.82, 2.24) is 10.0 Å². The Morgan fingerprint density at radius 1 is 0.429 bits per heavy atom. The molecule has 0 unspecified atom stereocenters. The Morgan fingerprint density at radius 3 is 1.00 bits per heavy atom. The predicted molar refractivity (Wildman–Crippen MR) is 180 cm³/mol. The molecule has 0 spiro atoms. The number of halogens is 2. The maximum Gasteiger partial charge on any atom is 0.123 e. The molecule has 0 radical (unpaired) electrons. The highest BCUT2D eigenvalue weighted by molar-refractivity contribution is 6.89. The average Bonchev–Trinajstić information content (AvgIpc) is 2.94. The Bertz CT molecular complexity index is 1280. The van der Waals surface area contributed by atoms with Crippen LogP contribution in [-0.2, 0) is 25.9 Å². The van der Waals surface area contributed by atoms with Gasteiger partial charge in [-0.3, -0.25) is 0 Å². The third kappa shape index (κ3) is 9.56. The summed E-state index contributed by atoms with van der Waals surface area (Å²) in [6, 6.07) is 32.0. The van der Waals surface area contributed by atoms with Gasteiger partial charge in [0.25, 0.3) is 0 Å². The predicted octanol–water partition coefficient (Wildman–Crippen LogP) is 7.76. The highest BCUT2D eigenvalue weighted by atomic mass is 28.3. The molecule has 0 N–H and O–H groups in total. The van der Waals surface area contributed by atoms with Gasteiger partial charge in [-0.2, -0.15) is 0 Å². The van der Waals surface area contributed by atoms with Crippen LogP contribution in [-0.4, -0.2) is 39.3 Å². The summed E-state index contributed by atoms with van der Waals surface area (Å²) in [4.78, 5) is 0. The van der Waals surface area contributed by atoms with Crippen molar-refractivity contribution in [3.8, 4) is 0 Å². The van der Waals surface area contributed by atoms with Crippen LogP contribution in [0.25, 0.3) is 0 Å². The van der Waals surface area contributed by atoms with Gasteiger partial charge in [0.1, 0.15) is 11.6 Å². The minimum Gasteiger partial charge on any atom is -0.237 e. The van der Waals surface area contributed by atoms with Crippen molar-refractivity contribution in [2.24, 2.45) is 0 Å². The lowest BCUT2D eigenvalue weighted by molar-refractivity contribution is -0.0397. The lowest BCUT2D eigenvalue weighted by Gasteiger charge is -2.36. The maximum atomic E-state index is 13.6. The largest absolute Gasteiger partial charge is 0.237 e. The van der Waals surface area contributed by atoms with Crippen LogP contribution in [0, 0.1) is 11.6 Å². The Kier molecular flexibility index (Phi) is 10.7. The summed E-state index contributed by atoms with van der Waals surface area (Å²) in [5, 5.41) is 7.81. The van der Waals surface area contributed by atoms with Gasteiger partial charge in [-0.15, -0.1) is 0 Å². The molecule has 4 aromatic carbocycles. The molecule has 0 heterocycles. The molecular formula is C36H46F2N2Si2. The quantitative estimate of drug-likeness (QED) is 0.114. The third-order valence-electron chi connectivity index (χ3n) is 7.91. The first-order chi connectivity index (χ1) is 19.9. The standard InChI is InChI=1S/C36H46F2N2Si2/c1-41(2,3)35-19-11-31(12-20-35)27-39(25-23-29-7-15-33(37)16-8-29)40(26-24-30-9-17-34(38)18-10-30)28-32-13-21-36(22-14-32)42(4,5)6/h7-22H,23-28H2,1-6H3. The lowest BCUT2D eigenvalue weighted by Crippen LogP contribution is -2.44. The topological polar surface area (TPSA) is 6.48 Å². The zero-order chi connectivity index (χ0) is 30.3. The van der Waals surface area contributed by atoms with Gasteiger partial charge in [0.15, 0.2) is 0 Å². The molecule has 0 saturated heterocycles. The van der Waals surface area contributed by atoms with Crippen molar-refractivity contribution in [2.75, 3.05) is 13.1 Å². The first-order valence-corrected chi connectivity index (χ1v) is 22.0. The summed E-state index contributed by atoms with van der Waals surface area (Å²) in [5.74, 6) is -0.415. The van der Waals surface area contributed by atoms with E-state index in [9.17, 15) is 8.78 Å². The van der Waals surface area contributed by atoms with E-state index in [1.165, 1.54) is 21.5 Å². The Balaban J connectivity index is 1.62. The number of rotatable bonds is 13. The van der Waals surface area contributed by atoms with Gasteiger partial charge in [0.05, 0.1) is 16.1 Å². The maximum absolute atomic E-state index is 13.6. The second-order valence-corrected chi connectivity index (χ2v) is 23.6. The molecule has 0 bridgehead atoms. The van der Waals surface area contributed by atoms with Gasteiger partial charge >= 0.3 is 0 Å². The molecule has 0 aliphatic rings. The number of nitrogens with zero attached hydrogens (tertiary/aromatic N) is 2. The molecule has 0 aliphatic heterocycles. The van der Waals surface area contributed by atoms with Crippen LogP contribution in [0.4, 0.5) is 8.78 Å². The van der Waals surface area contributed by atoms with Crippen molar-refractivity contribution in [2.45, 2.75) is 65.2 Å². The average molecular weight is 601 g/mol. The van der Waals surface area contributed by atoms with E-state index in [0.29, 0.717) is 0 Å². The SMILES string of the molecule is C[Si](C)(C)c1ccc(CN(CCc2ccc(F)cc2)N(CCc2ccc(F)cc2)Cc2ccc([Si](C)(C)C)cc2)cc1. The fourth-order valence-electron chi connectivity index (χ4n) is 5.10. The summed E-state index contributed by atoms with van der Waals surface area (Å²) in [7, 11) is -2.77. The minimum atomic E-state index is -1.38. The molecule has 0 aliphatic carbocycles. The van der Waals surface area contributed by atoms with E-state index in [-0.39, 0.29) is 11.6 Å². The van der Waals surface area contributed by atoms with Crippen LogP contribution in [0.1, 0.15) is 22.3 Å².